The van der Waals surface area contributed by atoms with E-state index in [1.54, 1.807) is 53.4 Å². The molecule has 1 fully saturated rings. The van der Waals surface area contributed by atoms with Crippen LogP contribution in [0, 0.1) is 5.82 Å². The summed E-state index contributed by atoms with van der Waals surface area (Å²) in [6.45, 7) is 3.47. The summed E-state index contributed by atoms with van der Waals surface area (Å²) in [7, 11) is 0. The molecule has 0 aromatic heterocycles. The first kappa shape index (κ1) is 23.9. The molecular formula is C28H26FN3O3. The third-order valence-electron chi connectivity index (χ3n) is 5.92. The van der Waals surface area contributed by atoms with Gasteiger partial charge in [0.1, 0.15) is 11.4 Å². The van der Waals surface area contributed by atoms with Gasteiger partial charge in [-0.15, -0.1) is 0 Å². The molecule has 0 saturated carbocycles. The molecule has 1 aliphatic heterocycles. The predicted molar refractivity (Wildman–Crippen MR) is 135 cm³/mol. The van der Waals surface area contributed by atoms with Crippen LogP contribution in [0.25, 0.3) is 6.08 Å². The molecule has 1 saturated heterocycles. The fraction of sp³-hybridized carbons (Fsp3) is 0.179. The van der Waals surface area contributed by atoms with Crippen LogP contribution in [0.4, 0.5) is 15.8 Å². The van der Waals surface area contributed by atoms with Gasteiger partial charge in [-0.25, -0.2) is 4.39 Å². The molecule has 0 atom stereocenters. The number of amides is 2. The van der Waals surface area contributed by atoms with Crippen molar-refractivity contribution in [2.75, 3.05) is 36.4 Å². The van der Waals surface area contributed by atoms with Crippen molar-refractivity contribution >= 4 is 35.0 Å². The number of piperazine rings is 1. The molecule has 2 amide bonds. The molecule has 1 heterocycles. The zero-order chi connectivity index (χ0) is 24.8. The van der Waals surface area contributed by atoms with Crippen molar-refractivity contribution in [1.29, 1.82) is 0 Å². The number of benzene rings is 3. The summed E-state index contributed by atoms with van der Waals surface area (Å²) in [4.78, 5) is 41.8. The van der Waals surface area contributed by atoms with Gasteiger partial charge in [-0.1, -0.05) is 36.4 Å². The average molecular weight is 472 g/mol. The first-order chi connectivity index (χ1) is 16.9. The van der Waals surface area contributed by atoms with Crippen molar-refractivity contribution < 1.29 is 18.8 Å². The quantitative estimate of drug-likeness (QED) is 0.250. The second-order valence-electron chi connectivity index (χ2n) is 8.28. The molecule has 4 rings (SSSR count). The molecule has 0 unspecified atom stereocenters. The number of para-hydroxylation sites is 1. The summed E-state index contributed by atoms with van der Waals surface area (Å²) in [6, 6.07) is 22.2. The van der Waals surface area contributed by atoms with Crippen LogP contribution in [-0.2, 0) is 9.59 Å². The van der Waals surface area contributed by atoms with E-state index < -0.39 is 17.6 Å². The van der Waals surface area contributed by atoms with Crippen molar-refractivity contribution in [2.45, 2.75) is 6.92 Å². The molecule has 3 aromatic rings. The minimum absolute atomic E-state index is 0.00918. The van der Waals surface area contributed by atoms with E-state index in [0.717, 1.165) is 5.69 Å². The van der Waals surface area contributed by atoms with Crippen LogP contribution in [0.2, 0.25) is 0 Å². The molecule has 6 nitrogen and oxygen atoms in total. The number of hydrogen-bond donors (Lipinski definition) is 1. The highest BCUT2D eigenvalue weighted by Crippen LogP contribution is 2.20. The molecule has 1 N–H and O–H groups in total. The summed E-state index contributed by atoms with van der Waals surface area (Å²) in [6.07, 6.45) is 1.31. The maximum Gasteiger partial charge on any atom is 0.261 e. The number of nitrogens with zero attached hydrogens (tertiary/aromatic N) is 2. The standard InChI is InChI=1S/C28H26FN3O3/c1-20(33)21-11-13-24(14-12-21)31-15-17-32(18-16-31)28(35)25(19-22-7-5-6-10-26(22)29)27(34)30-23-8-3-2-4-9-23/h2-14,19H,15-18H2,1H3,(H,30,34)/b25-19+. The van der Waals surface area contributed by atoms with Crippen LogP contribution >= 0.6 is 0 Å². The Bertz CT molecular complexity index is 1250. The number of carbonyl (C=O) groups excluding carboxylic acids is 3. The Kier molecular flexibility index (Phi) is 7.35. The van der Waals surface area contributed by atoms with Gasteiger partial charge < -0.3 is 15.1 Å². The Morgan fingerprint density at radius 2 is 1.46 bits per heavy atom. The fourth-order valence-corrected chi connectivity index (χ4v) is 3.94. The van der Waals surface area contributed by atoms with Gasteiger partial charge >= 0.3 is 0 Å². The fourth-order valence-electron chi connectivity index (χ4n) is 3.94. The Hall–Kier alpha value is -4.26. The topological polar surface area (TPSA) is 69.7 Å². The van der Waals surface area contributed by atoms with Crippen molar-refractivity contribution in [1.82, 2.24) is 4.90 Å². The van der Waals surface area contributed by atoms with Gasteiger partial charge in [0.15, 0.2) is 5.78 Å². The third-order valence-corrected chi connectivity index (χ3v) is 5.92. The van der Waals surface area contributed by atoms with Gasteiger partial charge in [0.25, 0.3) is 11.8 Å². The summed E-state index contributed by atoms with van der Waals surface area (Å²) in [5.74, 6) is -1.54. The predicted octanol–water partition coefficient (Wildman–Crippen LogP) is 4.40. The van der Waals surface area contributed by atoms with Crippen LogP contribution in [0.5, 0.6) is 0 Å². The van der Waals surface area contributed by atoms with Gasteiger partial charge in [0, 0.05) is 48.7 Å². The Labute approximate surface area is 203 Å². The number of nitrogens with one attached hydrogen (secondary N) is 1. The van der Waals surface area contributed by atoms with Crippen molar-refractivity contribution in [2.24, 2.45) is 0 Å². The van der Waals surface area contributed by atoms with Crippen LogP contribution < -0.4 is 10.2 Å². The smallest absolute Gasteiger partial charge is 0.261 e. The van der Waals surface area contributed by atoms with Crippen LogP contribution in [-0.4, -0.2) is 48.7 Å². The van der Waals surface area contributed by atoms with Gasteiger partial charge in [0.05, 0.1) is 0 Å². The van der Waals surface area contributed by atoms with Crippen molar-refractivity contribution in [3.05, 3.63) is 101 Å². The number of ketones is 1. The number of Topliss-reactive ketones (excluding diaryl/α,β-unsaturated/α-hetero) is 1. The second kappa shape index (κ2) is 10.8. The molecule has 0 spiro atoms. The molecule has 0 bridgehead atoms. The lowest BCUT2D eigenvalue weighted by Crippen LogP contribution is -2.50. The molecule has 0 radical (unpaired) electrons. The highest BCUT2D eigenvalue weighted by molar-refractivity contribution is 6.25. The Morgan fingerprint density at radius 3 is 2.09 bits per heavy atom. The molecule has 7 heteroatoms. The lowest BCUT2D eigenvalue weighted by atomic mass is 10.1. The second-order valence-corrected chi connectivity index (χ2v) is 8.28. The van der Waals surface area contributed by atoms with E-state index in [2.05, 4.69) is 10.2 Å². The summed E-state index contributed by atoms with van der Waals surface area (Å²) in [5, 5.41) is 2.74. The maximum absolute atomic E-state index is 14.3. The number of anilines is 2. The highest BCUT2D eigenvalue weighted by Gasteiger charge is 2.28. The minimum Gasteiger partial charge on any atom is -0.368 e. The Balaban J connectivity index is 1.51. The number of halogens is 1. The van der Waals surface area contributed by atoms with E-state index in [-0.39, 0.29) is 16.9 Å². The monoisotopic (exact) mass is 471 g/mol. The summed E-state index contributed by atoms with van der Waals surface area (Å²) >= 11 is 0. The zero-order valence-corrected chi connectivity index (χ0v) is 19.4. The average Bonchev–Trinajstić information content (AvgIpc) is 2.88. The van der Waals surface area contributed by atoms with E-state index in [1.807, 2.05) is 18.2 Å². The molecule has 178 valence electrons. The van der Waals surface area contributed by atoms with Crippen LogP contribution in [0.15, 0.2) is 84.4 Å². The van der Waals surface area contributed by atoms with E-state index >= 15 is 0 Å². The first-order valence-electron chi connectivity index (χ1n) is 11.4. The Morgan fingerprint density at radius 1 is 0.829 bits per heavy atom. The molecule has 3 aromatic carbocycles. The summed E-state index contributed by atoms with van der Waals surface area (Å²) in [5.41, 5.74) is 2.20. The van der Waals surface area contributed by atoms with Gasteiger partial charge in [-0.3, -0.25) is 14.4 Å². The molecular weight excluding hydrogens is 445 g/mol. The van der Waals surface area contributed by atoms with Crippen molar-refractivity contribution in [3.63, 3.8) is 0 Å². The van der Waals surface area contributed by atoms with Gasteiger partial charge in [0.2, 0.25) is 0 Å². The zero-order valence-electron chi connectivity index (χ0n) is 19.4. The lowest BCUT2D eigenvalue weighted by molar-refractivity contribution is -0.129. The largest absolute Gasteiger partial charge is 0.368 e. The third kappa shape index (κ3) is 5.81. The van der Waals surface area contributed by atoms with E-state index in [1.165, 1.54) is 25.1 Å². The molecule has 1 aliphatic rings. The molecule has 0 aliphatic carbocycles. The highest BCUT2D eigenvalue weighted by atomic mass is 19.1. The number of hydrogen-bond acceptors (Lipinski definition) is 4. The number of rotatable bonds is 6. The number of carbonyl (C=O) groups is 3. The lowest BCUT2D eigenvalue weighted by Gasteiger charge is -2.36. The van der Waals surface area contributed by atoms with E-state index in [4.69, 9.17) is 0 Å². The first-order valence-corrected chi connectivity index (χ1v) is 11.4. The van der Waals surface area contributed by atoms with Crippen LogP contribution in [0.3, 0.4) is 0 Å². The minimum atomic E-state index is -0.591. The van der Waals surface area contributed by atoms with Gasteiger partial charge in [-0.05, 0) is 55.5 Å². The van der Waals surface area contributed by atoms with Gasteiger partial charge in [-0.2, -0.15) is 0 Å². The normalized spacial score (nSPS) is 13.9. The SMILES string of the molecule is CC(=O)c1ccc(N2CCN(C(=O)/C(=C/c3ccccc3F)C(=O)Nc3ccccc3)CC2)cc1. The molecule has 35 heavy (non-hydrogen) atoms. The van der Waals surface area contributed by atoms with E-state index in [9.17, 15) is 18.8 Å². The summed E-state index contributed by atoms with van der Waals surface area (Å²) < 4.78 is 14.3. The van der Waals surface area contributed by atoms with Crippen molar-refractivity contribution in [3.8, 4) is 0 Å². The maximum atomic E-state index is 14.3. The van der Waals surface area contributed by atoms with Crippen LogP contribution in [0.1, 0.15) is 22.8 Å². The van der Waals surface area contributed by atoms with E-state index in [0.29, 0.717) is 37.4 Å².